The quantitative estimate of drug-likeness (QED) is 0.790. The van der Waals surface area contributed by atoms with Crippen molar-refractivity contribution in [1.29, 1.82) is 0 Å². The van der Waals surface area contributed by atoms with Gasteiger partial charge < -0.3 is 10.1 Å². The third kappa shape index (κ3) is 3.99. The zero-order valence-corrected chi connectivity index (χ0v) is 16.9. The van der Waals surface area contributed by atoms with E-state index in [-0.39, 0.29) is 42.1 Å². The molecule has 6 heteroatoms. The molecule has 2 aromatic rings. The van der Waals surface area contributed by atoms with Crippen LogP contribution >= 0.6 is 0 Å². The van der Waals surface area contributed by atoms with Crippen molar-refractivity contribution in [3.8, 4) is 5.75 Å². The highest BCUT2D eigenvalue weighted by atomic mass is 19.1. The fourth-order valence-corrected chi connectivity index (χ4v) is 4.33. The average molecular weight is 411 g/mol. The van der Waals surface area contributed by atoms with E-state index >= 15 is 0 Å². The zero-order chi connectivity index (χ0) is 21.4. The minimum atomic E-state index is -0.764. The van der Waals surface area contributed by atoms with Gasteiger partial charge in [0, 0.05) is 30.0 Å². The first kappa shape index (κ1) is 20.3. The van der Waals surface area contributed by atoms with Gasteiger partial charge in [0.1, 0.15) is 17.4 Å². The zero-order valence-electron chi connectivity index (χ0n) is 16.9. The number of hydrogen-bond acceptors (Lipinski definition) is 3. The number of halogens is 2. The molecule has 0 aromatic heterocycles. The lowest BCUT2D eigenvalue weighted by molar-refractivity contribution is -0.122. The number of carbonyl (C=O) groups excluding carboxylic acids is 2. The van der Waals surface area contributed by atoms with E-state index in [0.717, 1.165) is 29.5 Å². The third-order valence-electron chi connectivity index (χ3n) is 5.59. The van der Waals surface area contributed by atoms with E-state index < -0.39 is 17.6 Å². The second-order valence-corrected chi connectivity index (χ2v) is 8.13. The largest absolute Gasteiger partial charge is 0.491 e. The first-order chi connectivity index (χ1) is 14.3. The Morgan fingerprint density at radius 3 is 2.43 bits per heavy atom. The summed E-state index contributed by atoms with van der Waals surface area (Å²) in [6.07, 6.45) is 0.714. The van der Waals surface area contributed by atoms with E-state index in [4.69, 9.17) is 4.74 Å². The molecule has 1 aliphatic heterocycles. The lowest BCUT2D eigenvalue weighted by Gasteiger charge is -2.34. The molecule has 4 rings (SSSR count). The molecule has 0 fully saturated rings. The molecule has 2 aromatic carbocycles. The summed E-state index contributed by atoms with van der Waals surface area (Å²) in [5, 5.41) is 2.80. The molecule has 2 aliphatic rings. The molecular formula is C24H23F2NO3. The minimum Gasteiger partial charge on any atom is -0.491 e. The van der Waals surface area contributed by atoms with Gasteiger partial charge in [0.15, 0.2) is 5.78 Å². The minimum absolute atomic E-state index is 0.0549. The molecule has 30 heavy (non-hydrogen) atoms. The van der Waals surface area contributed by atoms with Crippen molar-refractivity contribution in [2.45, 2.75) is 51.0 Å². The summed E-state index contributed by atoms with van der Waals surface area (Å²) in [6, 6.07) is 10.7. The van der Waals surface area contributed by atoms with E-state index in [1.54, 1.807) is 0 Å². The molecule has 2 atom stereocenters. The fraction of sp³-hybridized carbons (Fsp3) is 0.333. The summed E-state index contributed by atoms with van der Waals surface area (Å²) < 4.78 is 33.8. The second kappa shape index (κ2) is 8.01. The maximum absolute atomic E-state index is 14.4. The summed E-state index contributed by atoms with van der Waals surface area (Å²) in [5.41, 5.74) is 1.94. The Balaban J connectivity index is 1.65. The van der Waals surface area contributed by atoms with Gasteiger partial charge in [0.2, 0.25) is 5.91 Å². The van der Waals surface area contributed by atoms with E-state index in [9.17, 15) is 18.4 Å². The predicted octanol–water partition coefficient (Wildman–Crippen LogP) is 4.76. The van der Waals surface area contributed by atoms with Crippen molar-refractivity contribution < 1.29 is 23.1 Å². The molecule has 2 unspecified atom stereocenters. The lowest BCUT2D eigenvalue weighted by Crippen LogP contribution is -2.38. The van der Waals surface area contributed by atoms with Crippen LogP contribution in [0.25, 0.3) is 0 Å². The van der Waals surface area contributed by atoms with Crippen LogP contribution in [-0.4, -0.2) is 17.8 Å². The van der Waals surface area contributed by atoms with Crippen molar-refractivity contribution >= 4 is 11.7 Å². The normalized spacial score (nSPS) is 21.5. The topological polar surface area (TPSA) is 55.4 Å². The van der Waals surface area contributed by atoms with Crippen LogP contribution < -0.4 is 10.1 Å². The smallest absolute Gasteiger partial charge is 0.225 e. The summed E-state index contributed by atoms with van der Waals surface area (Å²) in [6.45, 7) is 3.90. The molecule has 156 valence electrons. The Morgan fingerprint density at radius 1 is 1.00 bits per heavy atom. The van der Waals surface area contributed by atoms with Crippen LogP contribution in [0, 0.1) is 11.6 Å². The Bertz CT molecular complexity index is 1030. The van der Waals surface area contributed by atoms with E-state index in [2.05, 4.69) is 5.32 Å². The highest BCUT2D eigenvalue weighted by molar-refractivity contribution is 6.02. The van der Waals surface area contributed by atoms with Gasteiger partial charge in [-0.25, -0.2) is 8.78 Å². The van der Waals surface area contributed by atoms with Gasteiger partial charge in [-0.05, 0) is 67.6 Å². The van der Waals surface area contributed by atoms with Crippen molar-refractivity contribution in [2.24, 2.45) is 0 Å². The molecule has 0 saturated heterocycles. The molecular weight excluding hydrogens is 388 g/mol. The number of Topliss-reactive ketones (excluding diaryl/α,β-unsaturated/α-hetero) is 1. The first-order valence-electron chi connectivity index (χ1n) is 10.1. The van der Waals surface area contributed by atoms with Crippen LogP contribution in [0.4, 0.5) is 8.78 Å². The first-order valence-corrected chi connectivity index (χ1v) is 10.1. The molecule has 0 saturated carbocycles. The molecule has 0 bridgehead atoms. The Morgan fingerprint density at radius 2 is 1.73 bits per heavy atom. The number of benzene rings is 2. The van der Waals surface area contributed by atoms with Gasteiger partial charge in [0.05, 0.1) is 6.10 Å². The fourth-order valence-electron chi connectivity index (χ4n) is 4.33. The van der Waals surface area contributed by atoms with Gasteiger partial charge in [-0.2, -0.15) is 0 Å². The van der Waals surface area contributed by atoms with Crippen molar-refractivity contribution in [1.82, 2.24) is 5.32 Å². The Labute approximate surface area is 173 Å². The van der Waals surface area contributed by atoms with Gasteiger partial charge in [-0.3, -0.25) is 9.59 Å². The monoisotopic (exact) mass is 411 g/mol. The summed E-state index contributed by atoms with van der Waals surface area (Å²) in [5.74, 6) is -1.75. The van der Waals surface area contributed by atoms with Gasteiger partial charge in [0.25, 0.3) is 0 Å². The van der Waals surface area contributed by atoms with Crippen LogP contribution in [0.1, 0.15) is 56.1 Å². The van der Waals surface area contributed by atoms with Gasteiger partial charge in [-0.1, -0.05) is 12.1 Å². The van der Waals surface area contributed by atoms with Crippen molar-refractivity contribution in [3.63, 3.8) is 0 Å². The van der Waals surface area contributed by atoms with Crippen LogP contribution in [0.5, 0.6) is 5.75 Å². The SMILES string of the molecule is CC(C)Oc1ccc(C2CC(=O)C3=C(C2)NC(=O)CC3c2cc(F)ccc2F)cc1. The molecule has 1 N–H and O–H groups in total. The summed E-state index contributed by atoms with van der Waals surface area (Å²) >= 11 is 0. The van der Waals surface area contributed by atoms with Crippen LogP contribution in [0.2, 0.25) is 0 Å². The van der Waals surface area contributed by atoms with E-state index in [1.807, 2.05) is 38.1 Å². The number of hydrogen-bond donors (Lipinski definition) is 1. The van der Waals surface area contributed by atoms with Crippen molar-refractivity contribution in [3.05, 3.63) is 76.5 Å². The van der Waals surface area contributed by atoms with Crippen LogP contribution in [-0.2, 0) is 9.59 Å². The molecule has 0 radical (unpaired) electrons. The van der Waals surface area contributed by atoms with E-state index in [1.165, 1.54) is 0 Å². The highest BCUT2D eigenvalue weighted by Crippen LogP contribution is 2.43. The molecule has 1 amide bonds. The molecule has 1 aliphatic carbocycles. The Hall–Kier alpha value is -3.02. The number of nitrogens with one attached hydrogen (secondary N) is 1. The molecule has 1 heterocycles. The van der Waals surface area contributed by atoms with Crippen LogP contribution in [0.15, 0.2) is 53.7 Å². The van der Waals surface area contributed by atoms with E-state index in [0.29, 0.717) is 17.7 Å². The van der Waals surface area contributed by atoms with Gasteiger partial charge >= 0.3 is 0 Å². The second-order valence-electron chi connectivity index (χ2n) is 8.13. The third-order valence-corrected chi connectivity index (χ3v) is 5.59. The summed E-state index contributed by atoms with van der Waals surface area (Å²) in [4.78, 5) is 25.4. The number of allylic oxidation sites excluding steroid dienone is 2. The number of ketones is 1. The van der Waals surface area contributed by atoms with Crippen molar-refractivity contribution in [2.75, 3.05) is 0 Å². The number of amides is 1. The average Bonchev–Trinajstić information content (AvgIpc) is 2.69. The maximum atomic E-state index is 14.4. The lowest BCUT2D eigenvalue weighted by atomic mass is 9.73. The Kier molecular flexibility index (Phi) is 5.41. The molecule has 4 nitrogen and oxygen atoms in total. The van der Waals surface area contributed by atoms with Gasteiger partial charge in [-0.15, -0.1) is 0 Å². The van der Waals surface area contributed by atoms with Crippen LogP contribution in [0.3, 0.4) is 0 Å². The molecule has 0 spiro atoms. The summed E-state index contributed by atoms with van der Waals surface area (Å²) in [7, 11) is 0. The highest BCUT2D eigenvalue weighted by Gasteiger charge is 2.39. The number of rotatable bonds is 4. The predicted molar refractivity (Wildman–Crippen MR) is 108 cm³/mol. The number of ether oxygens (including phenoxy) is 1. The standard InChI is InChI=1S/C24H23F2NO3/c1-13(2)30-17-6-3-14(4-7-17)15-9-21-24(22(28)10-15)19(12-23(29)27-21)18-11-16(25)5-8-20(18)26/h3-8,11,13,15,19H,9-10,12H2,1-2H3,(H,27,29). The number of carbonyl (C=O) groups is 2. The maximum Gasteiger partial charge on any atom is 0.225 e.